The zero-order chi connectivity index (χ0) is 16.9. The second-order valence-electron chi connectivity index (χ2n) is 4.98. The van der Waals surface area contributed by atoms with Gasteiger partial charge in [0.05, 0.1) is 7.11 Å². The molecule has 3 rings (SSSR count). The monoisotopic (exact) mass is 341 g/mol. The molecule has 0 aliphatic heterocycles. The lowest BCUT2D eigenvalue weighted by Crippen LogP contribution is -2.05. The number of methoxy groups -OCH3 is 1. The molecule has 122 valence electrons. The van der Waals surface area contributed by atoms with Crippen molar-refractivity contribution in [3.63, 3.8) is 0 Å². The van der Waals surface area contributed by atoms with Gasteiger partial charge in [-0.05, 0) is 30.3 Å². The van der Waals surface area contributed by atoms with Gasteiger partial charge in [0.25, 0.3) is 0 Å². The number of hydrogen-bond donors (Lipinski definition) is 3. The van der Waals surface area contributed by atoms with Crippen molar-refractivity contribution in [2.75, 3.05) is 23.5 Å². The Morgan fingerprint density at radius 1 is 0.958 bits per heavy atom. The molecule has 3 aromatic rings. The molecule has 2 aromatic carbocycles. The van der Waals surface area contributed by atoms with E-state index in [1.807, 2.05) is 36.4 Å². The first-order valence-corrected chi connectivity index (χ1v) is 7.57. The minimum atomic E-state index is 0.403. The zero-order valence-electron chi connectivity index (χ0n) is 13.0. The number of rotatable bonds is 5. The van der Waals surface area contributed by atoms with Gasteiger partial charge >= 0.3 is 0 Å². The van der Waals surface area contributed by atoms with Crippen molar-refractivity contribution in [3.8, 4) is 5.75 Å². The lowest BCUT2D eigenvalue weighted by atomic mass is 10.3. The van der Waals surface area contributed by atoms with Crippen LogP contribution in [0.2, 0.25) is 5.02 Å². The fraction of sp³-hybridized carbons (Fsp3) is 0.0588. The van der Waals surface area contributed by atoms with Gasteiger partial charge in [-0.2, -0.15) is 0 Å². The third kappa shape index (κ3) is 3.67. The van der Waals surface area contributed by atoms with Crippen molar-refractivity contribution < 1.29 is 4.74 Å². The molecule has 0 aliphatic carbocycles. The third-order valence-electron chi connectivity index (χ3n) is 3.30. The molecule has 0 bridgehead atoms. The van der Waals surface area contributed by atoms with Gasteiger partial charge in [-0.1, -0.05) is 23.7 Å². The molecule has 1 heterocycles. The highest BCUT2D eigenvalue weighted by Crippen LogP contribution is 2.29. The Kier molecular flexibility index (Phi) is 4.67. The van der Waals surface area contributed by atoms with Gasteiger partial charge in [0.2, 0.25) is 0 Å². The molecule has 0 radical (unpaired) electrons. The molecule has 1 aromatic heterocycles. The van der Waals surface area contributed by atoms with Crippen LogP contribution in [0.5, 0.6) is 5.75 Å². The molecule has 0 spiro atoms. The molecule has 0 atom stereocenters. The summed E-state index contributed by atoms with van der Waals surface area (Å²) >= 11 is 5.99. The van der Waals surface area contributed by atoms with Crippen molar-refractivity contribution in [2.45, 2.75) is 0 Å². The topological polar surface area (TPSA) is 85.1 Å². The molecule has 0 fully saturated rings. The largest absolute Gasteiger partial charge is 0.497 e. The van der Waals surface area contributed by atoms with Crippen LogP contribution >= 0.6 is 11.6 Å². The highest BCUT2D eigenvalue weighted by molar-refractivity contribution is 6.30. The molecule has 0 amide bonds. The SMILES string of the molecule is COc1cccc(Nc2ncnc(Nc3cccc(Cl)c3)c2N)c1. The first-order valence-electron chi connectivity index (χ1n) is 7.20. The van der Waals surface area contributed by atoms with Gasteiger partial charge < -0.3 is 21.1 Å². The quantitative estimate of drug-likeness (QED) is 0.644. The lowest BCUT2D eigenvalue weighted by Gasteiger charge is -2.13. The van der Waals surface area contributed by atoms with Gasteiger partial charge in [-0.3, -0.25) is 0 Å². The minimum absolute atomic E-state index is 0.403. The maximum Gasteiger partial charge on any atom is 0.159 e. The third-order valence-corrected chi connectivity index (χ3v) is 3.54. The Labute approximate surface area is 144 Å². The summed E-state index contributed by atoms with van der Waals surface area (Å²) in [5.74, 6) is 1.74. The summed E-state index contributed by atoms with van der Waals surface area (Å²) in [4.78, 5) is 8.38. The first-order chi connectivity index (χ1) is 11.7. The summed E-state index contributed by atoms with van der Waals surface area (Å²) in [5, 5.41) is 6.93. The number of aromatic nitrogens is 2. The second kappa shape index (κ2) is 7.06. The number of nitrogen functional groups attached to an aromatic ring is 1. The van der Waals surface area contributed by atoms with Crippen LogP contribution in [0.25, 0.3) is 0 Å². The highest BCUT2D eigenvalue weighted by Gasteiger charge is 2.09. The van der Waals surface area contributed by atoms with Crippen molar-refractivity contribution in [3.05, 3.63) is 59.9 Å². The van der Waals surface area contributed by atoms with Crippen LogP contribution in [0.3, 0.4) is 0 Å². The Bertz CT molecular complexity index is 856. The van der Waals surface area contributed by atoms with E-state index >= 15 is 0 Å². The molecule has 0 saturated heterocycles. The van der Waals surface area contributed by atoms with Gasteiger partial charge in [0.15, 0.2) is 11.6 Å². The minimum Gasteiger partial charge on any atom is -0.497 e. The Hall–Kier alpha value is -2.99. The maximum atomic E-state index is 6.17. The summed E-state index contributed by atoms with van der Waals surface area (Å²) < 4.78 is 5.21. The van der Waals surface area contributed by atoms with Crippen LogP contribution in [0.15, 0.2) is 54.9 Å². The summed E-state index contributed by atoms with van der Waals surface area (Å²) in [5.41, 5.74) is 8.18. The predicted octanol–water partition coefficient (Wildman–Crippen LogP) is 4.21. The fourth-order valence-corrected chi connectivity index (χ4v) is 2.33. The van der Waals surface area contributed by atoms with Crippen LogP contribution in [-0.4, -0.2) is 17.1 Å². The van der Waals surface area contributed by atoms with Crippen LogP contribution in [0.1, 0.15) is 0 Å². The summed E-state index contributed by atoms with van der Waals surface area (Å²) in [7, 11) is 1.62. The van der Waals surface area contributed by atoms with E-state index in [0.29, 0.717) is 22.3 Å². The molecule has 0 aliphatic rings. The molecule has 24 heavy (non-hydrogen) atoms. The first kappa shape index (κ1) is 15.9. The van der Waals surface area contributed by atoms with Gasteiger partial charge in [0.1, 0.15) is 17.8 Å². The van der Waals surface area contributed by atoms with E-state index in [1.165, 1.54) is 6.33 Å². The average Bonchev–Trinajstić information content (AvgIpc) is 2.59. The number of hydrogen-bond acceptors (Lipinski definition) is 6. The maximum absolute atomic E-state index is 6.17. The van der Waals surface area contributed by atoms with Crippen LogP contribution < -0.4 is 21.1 Å². The predicted molar refractivity (Wildman–Crippen MR) is 97.5 cm³/mol. The molecular weight excluding hydrogens is 326 g/mol. The van der Waals surface area contributed by atoms with Crippen molar-refractivity contribution >= 4 is 40.3 Å². The highest BCUT2D eigenvalue weighted by atomic mass is 35.5. The van der Waals surface area contributed by atoms with E-state index in [1.54, 1.807) is 19.2 Å². The standard InChI is InChI=1S/C17H16ClN5O/c1-24-14-7-3-6-13(9-14)23-17-15(19)16(20-10-21-17)22-12-5-2-4-11(18)8-12/h2-10H,19H2,1H3,(H2,20,21,22,23). The molecular formula is C17H16ClN5O. The number of anilines is 5. The molecule has 7 heteroatoms. The van der Waals surface area contributed by atoms with E-state index in [2.05, 4.69) is 20.6 Å². The Balaban J connectivity index is 1.85. The summed E-state index contributed by atoms with van der Waals surface area (Å²) in [6, 6.07) is 14.8. The summed E-state index contributed by atoms with van der Waals surface area (Å²) in [6.45, 7) is 0. The van der Waals surface area contributed by atoms with Crippen molar-refractivity contribution in [2.24, 2.45) is 0 Å². The van der Waals surface area contributed by atoms with Crippen LogP contribution in [0.4, 0.5) is 28.7 Å². The fourth-order valence-electron chi connectivity index (χ4n) is 2.14. The van der Waals surface area contributed by atoms with E-state index in [4.69, 9.17) is 22.1 Å². The van der Waals surface area contributed by atoms with E-state index < -0.39 is 0 Å². The number of ether oxygens (including phenoxy) is 1. The Morgan fingerprint density at radius 2 is 1.58 bits per heavy atom. The average molecular weight is 342 g/mol. The second-order valence-corrected chi connectivity index (χ2v) is 5.41. The Morgan fingerprint density at radius 3 is 2.21 bits per heavy atom. The number of nitrogens with two attached hydrogens (primary N) is 1. The lowest BCUT2D eigenvalue weighted by molar-refractivity contribution is 0.415. The zero-order valence-corrected chi connectivity index (χ0v) is 13.7. The van der Waals surface area contributed by atoms with Crippen LogP contribution in [0, 0.1) is 0 Å². The number of halogens is 1. The smallest absolute Gasteiger partial charge is 0.159 e. The molecule has 0 unspecified atom stereocenters. The normalized spacial score (nSPS) is 10.2. The molecule has 6 nitrogen and oxygen atoms in total. The summed E-state index contributed by atoms with van der Waals surface area (Å²) in [6.07, 6.45) is 1.44. The van der Waals surface area contributed by atoms with Crippen LogP contribution in [-0.2, 0) is 0 Å². The van der Waals surface area contributed by atoms with E-state index in [0.717, 1.165) is 17.1 Å². The van der Waals surface area contributed by atoms with E-state index in [-0.39, 0.29) is 0 Å². The molecule has 4 N–H and O–H groups in total. The molecule has 0 saturated carbocycles. The van der Waals surface area contributed by atoms with Gasteiger partial charge in [-0.25, -0.2) is 9.97 Å². The van der Waals surface area contributed by atoms with Crippen molar-refractivity contribution in [1.29, 1.82) is 0 Å². The van der Waals surface area contributed by atoms with Gasteiger partial charge in [0, 0.05) is 22.5 Å². The van der Waals surface area contributed by atoms with E-state index in [9.17, 15) is 0 Å². The van der Waals surface area contributed by atoms with Gasteiger partial charge in [-0.15, -0.1) is 0 Å². The van der Waals surface area contributed by atoms with Crippen molar-refractivity contribution in [1.82, 2.24) is 9.97 Å². The number of benzene rings is 2. The number of nitrogens with one attached hydrogen (secondary N) is 2. The number of nitrogens with zero attached hydrogens (tertiary/aromatic N) is 2.